The predicted octanol–water partition coefficient (Wildman–Crippen LogP) is 5.02. The summed E-state index contributed by atoms with van der Waals surface area (Å²) in [6.07, 6.45) is 13.2. The van der Waals surface area contributed by atoms with Crippen LogP contribution in [0.5, 0.6) is 0 Å². The van der Waals surface area contributed by atoms with Gasteiger partial charge in [0.05, 0.1) is 6.04 Å². The van der Waals surface area contributed by atoms with Crippen molar-refractivity contribution in [3.8, 4) is 0 Å². The summed E-state index contributed by atoms with van der Waals surface area (Å²) in [4.78, 5) is 5.05. The Morgan fingerprint density at radius 1 is 0.957 bits per heavy atom. The molecule has 2 fully saturated rings. The van der Waals surface area contributed by atoms with Gasteiger partial charge in [-0.3, -0.25) is 0 Å². The van der Waals surface area contributed by atoms with Crippen LogP contribution in [0.3, 0.4) is 0 Å². The fourth-order valence-corrected chi connectivity index (χ4v) is 3.80. The number of nitrogens with one attached hydrogen (secondary N) is 2. The average molecular weight is 313 g/mol. The summed E-state index contributed by atoms with van der Waals surface area (Å²) in [6, 6.07) is 9.65. The second-order valence-electron chi connectivity index (χ2n) is 7.24. The van der Waals surface area contributed by atoms with Gasteiger partial charge in [0, 0.05) is 11.7 Å². The lowest BCUT2D eigenvalue weighted by Gasteiger charge is -2.27. The molecule has 0 atom stereocenters. The number of nitrogens with zero attached hydrogens (tertiary/aromatic N) is 1. The first-order valence-corrected chi connectivity index (χ1v) is 9.47. The summed E-state index contributed by atoms with van der Waals surface area (Å²) in [5.74, 6) is 0.995. The van der Waals surface area contributed by atoms with Crippen LogP contribution in [0.2, 0.25) is 0 Å². The zero-order valence-electron chi connectivity index (χ0n) is 14.5. The van der Waals surface area contributed by atoms with E-state index in [1.807, 2.05) is 0 Å². The van der Waals surface area contributed by atoms with Gasteiger partial charge in [0.2, 0.25) is 0 Å². The van der Waals surface area contributed by atoms with Crippen LogP contribution in [0.15, 0.2) is 29.3 Å². The Morgan fingerprint density at radius 3 is 2.35 bits per heavy atom. The van der Waals surface area contributed by atoms with E-state index >= 15 is 0 Å². The molecule has 23 heavy (non-hydrogen) atoms. The maximum absolute atomic E-state index is 5.05. The SMILES string of the molecule is Cc1cccc(NC(=NC2CCCCC2)NC2CCCCC2)c1. The molecule has 2 aliphatic carbocycles. The van der Waals surface area contributed by atoms with E-state index in [2.05, 4.69) is 41.8 Å². The van der Waals surface area contributed by atoms with E-state index in [4.69, 9.17) is 4.99 Å². The fraction of sp³-hybridized carbons (Fsp3) is 0.650. The highest BCUT2D eigenvalue weighted by Gasteiger charge is 2.17. The average Bonchev–Trinajstić information content (AvgIpc) is 2.57. The molecule has 1 aromatic carbocycles. The van der Waals surface area contributed by atoms with Crippen molar-refractivity contribution in [1.82, 2.24) is 5.32 Å². The summed E-state index contributed by atoms with van der Waals surface area (Å²) in [7, 11) is 0. The second kappa shape index (κ2) is 8.37. The lowest BCUT2D eigenvalue weighted by atomic mass is 9.95. The zero-order valence-corrected chi connectivity index (χ0v) is 14.5. The molecule has 0 heterocycles. The fourth-order valence-electron chi connectivity index (χ4n) is 3.80. The van der Waals surface area contributed by atoms with Gasteiger partial charge in [0.25, 0.3) is 0 Å². The Labute approximate surface area is 141 Å². The third-order valence-corrected chi connectivity index (χ3v) is 5.11. The Balaban J connectivity index is 1.70. The Hall–Kier alpha value is -1.51. The number of hydrogen-bond donors (Lipinski definition) is 2. The molecule has 2 N–H and O–H groups in total. The normalized spacial score (nSPS) is 21.2. The van der Waals surface area contributed by atoms with Crippen LogP contribution in [0.25, 0.3) is 0 Å². The minimum atomic E-state index is 0.493. The number of rotatable bonds is 3. The van der Waals surface area contributed by atoms with Gasteiger partial charge in [0.15, 0.2) is 5.96 Å². The highest BCUT2D eigenvalue weighted by atomic mass is 15.2. The van der Waals surface area contributed by atoms with E-state index in [1.165, 1.54) is 69.8 Å². The Morgan fingerprint density at radius 2 is 1.65 bits per heavy atom. The van der Waals surface area contributed by atoms with Gasteiger partial charge in [0.1, 0.15) is 0 Å². The molecule has 126 valence electrons. The van der Waals surface area contributed by atoms with Crippen LogP contribution >= 0.6 is 0 Å². The molecule has 0 unspecified atom stereocenters. The molecule has 0 bridgehead atoms. The van der Waals surface area contributed by atoms with Crippen molar-refractivity contribution in [2.45, 2.75) is 83.2 Å². The molecule has 0 radical (unpaired) electrons. The molecule has 3 nitrogen and oxygen atoms in total. The van der Waals surface area contributed by atoms with Gasteiger partial charge in [-0.1, -0.05) is 50.7 Å². The number of guanidine groups is 1. The summed E-state index contributed by atoms with van der Waals surface area (Å²) < 4.78 is 0. The van der Waals surface area contributed by atoms with Crippen LogP contribution < -0.4 is 10.6 Å². The number of anilines is 1. The maximum Gasteiger partial charge on any atom is 0.196 e. The quantitative estimate of drug-likeness (QED) is 0.607. The van der Waals surface area contributed by atoms with Gasteiger partial charge in [-0.2, -0.15) is 0 Å². The maximum atomic E-state index is 5.05. The standard InChI is InChI=1S/C20H31N3/c1-16-9-8-14-19(15-16)23-20(21-17-10-4-2-5-11-17)22-18-12-6-3-7-13-18/h8-9,14-15,17-18H,2-7,10-13H2,1H3,(H2,21,22,23). The summed E-state index contributed by atoms with van der Waals surface area (Å²) in [6.45, 7) is 2.14. The topological polar surface area (TPSA) is 36.4 Å². The van der Waals surface area contributed by atoms with Gasteiger partial charge < -0.3 is 10.6 Å². The molecule has 3 heteroatoms. The number of hydrogen-bond acceptors (Lipinski definition) is 1. The molecule has 2 saturated carbocycles. The molecule has 0 amide bonds. The number of aryl methyl sites for hydroxylation is 1. The third-order valence-electron chi connectivity index (χ3n) is 5.11. The highest BCUT2D eigenvalue weighted by Crippen LogP contribution is 2.22. The summed E-state index contributed by atoms with van der Waals surface area (Å²) in [5, 5.41) is 7.26. The lowest BCUT2D eigenvalue weighted by molar-refractivity contribution is 0.408. The van der Waals surface area contributed by atoms with Gasteiger partial charge >= 0.3 is 0 Å². The van der Waals surface area contributed by atoms with Crippen molar-refractivity contribution in [1.29, 1.82) is 0 Å². The van der Waals surface area contributed by atoms with Gasteiger partial charge in [-0.15, -0.1) is 0 Å². The summed E-state index contributed by atoms with van der Waals surface area (Å²) >= 11 is 0. The molecule has 0 aromatic heterocycles. The lowest BCUT2D eigenvalue weighted by Crippen LogP contribution is -2.41. The van der Waals surface area contributed by atoms with Crippen LogP contribution in [0, 0.1) is 6.92 Å². The van der Waals surface area contributed by atoms with Crippen molar-refractivity contribution < 1.29 is 0 Å². The van der Waals surface area contributed by atoms with E-state index in [0.29, 0.717) is 12.1 Å². The molecule has 1 aromatic rings. The predicted molar refractivity (Wildman–Crippen MR) is 99.1 cm³/mol. The summed E-state index contributed by atoms with van der Waals surface area (Å²) in [5.41, 5.74) is 2.42. The van der Waals surface area contributed by atoms with Crippen LogP contribution in [-0.2, 0) is 0 Å². The van der Waals surface area contributed by atoms with Crippen molar-refractivity contribution in [2.75, 3.05) is 5.32 Å². The second-order valence-corrected chi connectivity index (χ2v) is 7.24. The Kier molecular flexibility index (Phi) is 5.95. The monoisotopic (exact) mass is 313 g/mol. The van der Waals surface area contributed by atoms with Crippen molar-refractivity contribution in [2.24, 2.45) is 4.99 Å². The molecule has 3 rings (SSSR count). The molecule has 0 saturated heterocycles. The molecule has 0 aliphatic heterocycles. The Bertz CT molecular complexity index is 511. The largest absolute Gasteiger partial charge is 0.353 e. The van der Waals surface area contributed by atoms with Gasteiger partial charge in [-0.25, -0.2) is 4.99 Å². The van der Waals surface area contributed by atoms with Crippen LogP contribution in [0.4, 0.5) is 5.69 Å². The van der Waals surface area contributed by atoms with Gasteiger partial charge in [-0.05, 0) is 50.3 Å². The number of benzene rings is 1. The van der Waals surface area contributed by atoms with Crippen molar-refractivity contribution in [3.63, 3.8) is 0 Å². The molecular weight excluding hydrogens is 282 g/mol. The van der Waals surface area contributed by atoms with Crippen molar-refractivity contribution >= 4 is 11.6 Å². The first-order chi connectivity index (χ1) is 11.3. The third kappa shape index (κ3) is 5.26. The van der Waals surface area contributed by atoms with Crippen molar-refractivity contribution in [3.05, 3.63) is 29.8 Å². The number of aliphatic imine (C=N–C) groups is 1. The minimum Gasteiger partial charge on any atom is -0.353 e. The van der Waals surface area contributed by atoms with E-state index in [-0.39, 0.29) is 0 Å². The first-order valence-electron chi connectivity index (χ1n) is 9.47. The zero-order chi connectivity index (χ0) is 15.9. The van der Waals surface area contributed by atoms with E-state index in [0.717, 1.165) is 11.6 Å². The smallest absolute Gasteiger partial charge is 0.196 e. The molecule has 2 aliphatic rings. The van der Waals surface area contributed by atoms with Crippen LogP contribution in [0.1, 0.15) is 69.8 Å². The highest BCUT2D eigenvalue weighted by molar-refractivity contribution is 5.94. The van der Waals surface area contributed by atoms with Crippen LogP contribution in [-0.4, -0.2) is 18.0 Å². The first kappa shape index (κ1) is 16.4. The minimum absolute atomic E-state index is 0.493. The molecular formula is C20H31N3. The molecule has 0 spiro atoms. The van der Waals surface area contributed by atoms with E-state index < -0.39 is 0 Å². The van der Waals surface area contributed by atoms with E-state index in [9.17, 15) is 0 Å². The van der Waals surface area contributed by atoms with E-state index in [1.54, 1.807) is 0 Å².